The summed E-state index contributed by atoms with van der Waals surface area (Å²) in [4.78, 5) is 0. The molecule has 0 spiro atoms. The number of hydrogen-bond donors (Lipinski definition) is 0. The highest BCUT2D eigenvalue weighted by atomic mass is 32.1. The summed E-state index contributed by atoms with van der Waals surface area (Å²) in [5.41, 5.74) is 1.17. The number of ether oxygens (including phenoxy) is 2. The highest BCUT2D eigenvalue weighted by Crippen LogP contribution is 2.33. The summed E-state index contributed by atoms with van der Waals surface area (Å²) in [6.07, 6.45) is 0. The monoisotopic (exact) mass is 270 g/mol. The maximum Gasteiger partial charge on any atom is 0.174 e. The Morgan fingerprint density at radius 1 is 1.00 bits per heavy atom. The Morgan fingerprint density at radius 2 is 1.84 bits per heavy atom. The molecule has 1 heterocycles. The number of rotatable bonds is 4. The molecule has 0 aliphatic rings. The third-order valence-corrected chi connectivity index (χ3v) is 3.98. The van der Waals surface area contributed by atoms with E-state index in [9.17, 15) is 0 Å². The molecule has 0 saturated heterocycles. The van der Waals surface area contributed by atoms with Crippen LogP contribution in [0.5, 0.6) is 10.8 Å². The number of hydrogen-bond acceptors (Lipinski definition) is 3. The second kappa shape index (κ2) is 5.33. The molecule has 0 radical (unpaired) electrons. The summed E-state index contributed by atoms with van der Waals surface area (Å²) >= 11 is 1.63. The Labute approximate surface area is 116 Å². The standard InChI is InChI=1S/C16H14O2S/c1-17-16-9-13-7-8-14(10-15(13)19-16)18-11-12-5-3-2-4-6-12/h2-10H,11H2,1H3. The lowest BCUT2D eigenvalue weighted by molar-refractivity contribution is 0.306. The predicted molar refractivity (Wildman–Crippen MR) is 79.2 cm³/mol. The van der Waals surface area contributed by atoms with Crippen molar-refractivity contribution in [2.45, 2.75) is 6.61 Å². The van der Waals surface area contributed by atoms with Gasteiger partial charge < -0.3 is 9.47 Å². The number of benzene rings is 2. The van der Waals surface area contributed by atoms with Crippen molar-refractivity contribution in [2.24, 2.45) is 0 Å². The minimum absolute atomic E-state index is 0.592. The van der Waals surface area contributed by atoms with E-state index in [2.05, 4.69) is 24.3 Å². The smallest absolute Gasteiger partial charge is 0.174 e. The predicted octanol–water partition coefficient (Wildman–Crippen LogP) is 4.49. The van der Waals surface area contributed by atoms with Gasteiger partial charge in [-0.25, -0.2) is 0 Å². The van der Waals surface area contributed by atoms with Crippen LogP contribution in [0.2, 0.25) is 0 Å². The molecule has 0 fully saturated rings. The third-order valence-electron chi connectivity index (χ3n) is 2.92. The second-order valence-corrected chi connectivity index (χ2v) is 5.29. The summed E-state index contributed by atoms with van der Waals surface area (Å²) in [7, 11) is 1.69. The third kappa shape index (κ3) is 2.71. The van der Waals surface area contributed by atoms with E-state index in [1.54, 1.807) is 18.4 Å². The van der Waals surface area contributed by atoms with E-state index in [0.29, 0.717) is 6.61 Å². The lowest BCUT2D eigenvalue weighted by Crippen LogP contribution is -1.94. The molecular weight excluding hydrogens is 256 g/mol. The highest BCUT2D eigenvalue weighted by Gasteiger charge is 2.03. The highest BCUT2D eigenvalue weighted by molar-refractivity contribution is 7.20. The van der Waals surface area contributed by atoms with E-state index in [0.717, 1.165) is 10.8 Å². The van der Waals surface area contributed by atoms with Crippen LogP contribution < -0.4 is 9.47 Å². The minimum atomic E-state index is 0.592. The summed E-state index contributed by atoms with van der Waals surface area (Å²) < 4.78 is 12.2. The molecule has 2 aromatic carbocycles. The van der Waals surface area contributed by atoms with Crippen LogP contribution in [0.4, 0.5) is 0 Å². The van der Waals surface area contributed by atoms with Crippen molar-refractivity contribution in [3.63, 3.8) is 0 Å². The first-order chi connectivity index (χ1) is 9.35. The summed E-state index contributed by atoms with van der Waals surface area (Å²) in [6, 6.07) is 18.3. The number of thiophene rings is 1. The van der Waals surface area contributed by atoms with E-state index in [1.165, 1.54) is 15.6 Å². The number of methoxy groups -OCH3 is 1. The van der Waals surface area contributed by atoms with Gasteiger partial charge in [-0.05, 0) is 35.2 Å². The van der Waals surface area contributed by atoms with Gasteiger partial charge in [-0.3, -0.25) is 0 Å². The van der Waals surface area contributed by atoms with Crippen molar-refractivity contribution in [2.75, 3.05) is 7.11 Å². The van der Waals surface area contributed by atoms with Gasteiger partial charge in [0, 0.05) is 4.70 Å². The molecule has 96 valence electrons. The molecule has 0 atom stereocenters. The molecular formula is C16H14O2S. The Morgan fingerprint density at radius 3 is 2.63 bits per heavy atom. The van der Waals surface area contributed by atoms with E-state index in [4.69, 9.17) is 9.47 Å². The van der Waals surface area contributed by atoms with E-state index >= 15 is 0 Å². The van der Waals surface area contributed by atoms with E-state index in [-0.39, 0.29) is 0 Å². The van der Waals surface area contributed by atoms with Gasteiger partial charge in [-0.1, -0.05) is 41.7 Å². The van der Waals surface area contributed by atoms with Crippen LogP contribution in [0.1, 0.15) is 5.56 Å². The minimum Gasteiger partial charge on any atom is -0.489 e. The van der Waals surface area contributed by atoms with Crippen molar-refractivity contribution in [3.8, 4) is 10.8 Å². The molecule has 1 aromatic heterocycles. The zero-order valence-electron chi connectivity index (χ0n) is 10.6. The van der Waals surface area contributed by atoms with Crippen LogP contribution in [0.3, 0.4) is 0 Å². The van der Waals surface area contributed by atoms with Gasteiger partial charge in [0.2, 0.25) is 0 Å². The molecule has 3 rings (SSSR count). The van der Waals surface area contributed by atoms with Gasteiger partial charge in [0.25, 0.3) is 0 Å². The van der Waals surface area contributed by atoms with Crippen LogP contribution in [0.25, 0.3) is 10.1 Å². The molecule has 0 amide bonds. The Hall–Kier alpha value is -2.00. The van der Waals surface area contributed by atoms with Gasteiger partial charge in [0.1, 0.15) is 12.4 Å². The zero-order chi connectivity index (χ0) is 13.1. The molecule has 0 bridgehead atoms. The van der Waals surface area contributed by atoms with Gasteiger partial charge in [0.05, 0.1) is 7.11 Å². The van der Waals surface area contributed by atoms with Crippen molar-refractivity contribution >= 4 is 21.4 Å². The molecule has 3 heteroatoms. The Balaban J connectivity index is 1.78. The van der Waals surface area contributed by atoms with Crippen LogP contribution >= 0.6 is 11.3 Å². The van der Waals surface area contributed by atoms with Gasteiger partial charge in [-0.15, -0.1) is 0 Å². The molecule has 0 saturated carbocycles. The molecule has 0 aliphatic carbocycles. The van der Waals surface area contributed by atoms with Crippen molar-refractivity contribution in [1.29, 1.82) is 0 Å². The van der Waals surface area contributed by atoms with Crippen molar-refractivity contribution in [1.82, 2.24) is 0 Å². The maximum atomic E-state index is 5.81. The van der Waals surface area contributed by atoms with Crippen molar-refractivity contribution in [3.05, 3.63) is 60.2 Å². The summed E-state index contributed by atoms with van der Waals surface area (Å²) in [5.74, 6) is 0.890. The van der Waals surface area contributed by atoms with Crippen LogP contribution in [0.15, 0.2) is 54.6 Å². The maximum absolute atomic E-state index is 5.81. The normalized spacial score (nSPS) is 10.6. The molecule has 0 N–H and O–H groups in total. The van der Waals surface area contributed by atoms with E-state index < -0.39 is 0 Å². The van der Waals surface area contributed by atoms with Gasteiger partial charge in [-0.2, -0.15) is 0 Å². The Kier molecular flexibility index (Phi) is 3.38. The molecule has 3 aromatic rings. The average molecular weight is 270 g/mol. The number of fused-ring (bicyclic) bond motifs is 1. The fourth-order valence-corrected chi connectivity index (χ4v) is 2.82. The lowest BCUT2D eigenvalue weighted by Gasteiger charge is -2.05. The summed E-state index contributed by atoms with van der Waals surface area (Å²) in [5, 5.41) is 2.11. The van der Waals surface area contributed by atoms with Crippen LogP contribution in [-0.4, -0.2) is 7.11 Å². The van der Waals surface area contributed by atoms with Gasteiger partial charge >= 0.3 is 0 Å². The average Bonchev–Trinajstić information content (AvgIpc) is 2.88. The lowest BCUT2D eigenvalue weighted by atomic mass is 10.2. The zero-order valence-corrected chi connectivity index (χ0v) is 11.4. The molecule has 19 heavy (non-hydrogen) atoms. The molecule has 0 aliphatic heterocycles. The van der Waals surface area contributed by atoms with Gasteiger partial charge in [0.15, 0.2) is 5.06 Å². The first kappa shape index (κ1) is 12.1. The molecule has 0 unspecified atom stereocenters. The van der Waals surface area contributed by atoms with Crippen molar-refractivity contribution < 1.29 is 9.47 Å². The SMILES string of the molecule is COc1cc2ccc(OCc3ccccc3)cc2s1. The first-order valence-electron chi connectivity index (χ1n) is 6.09. The first-order valence-corrected chi connectivity index (χ1v) is 6.91. The fraction of sp³-hybridized carbons (Fsp3) is 0.125. The quantitative estimate of drug-likeness (QED) is 0.695. The second-order valence-electron chi connectivity index (χ2n) is 4.24. The topological polar surface area (TPSA) is 18.5 Å². The Bertz CT molecular complexity index is 674. The van der Waals surface area contributed by atoms with E-state index in [1.807, 2.05) is 30.3 Å². The largest absolute Gasteiger partial charge is 0.489 e. The van der Waals surface area contributed by atoms with Crippen LogP contribution in [-0.2, 0) is 6.61 Å². The fourth-order valence-electron chi connectivity index (χ4n) is 1.92. The summed E-state index contributed by atoms with van der Waals surface area (Å²) in [6.45, 7) is 0.592. The molecule has 2 nitrogen and oxygen atoms in total. The van der Waals surface area contributed by atoms with Crippen LogP contribution in [0, 0.1) is 0 Å².